The van der Waals surface area contributed by atoms with Gasteiger partial charge in [-0.1, -0.05) is 6.92 Å². The molecule has 1 fully saturated rings. The van der Waals surface area contributed by atoms with Crippen LogP contribution in [-0.2, 0) is 0 Å². The molecule has 0 radical (unpaired) electrons. The van der Waals surface area contributed by atoms with E-state index in [1.54, 1.807) is 42.5 Å². The van der Waals surface area contributed by atoms with E-state index in [0.717, 1.165) is 32.4 Å². The Morgan fingerprint density at radius 3 is 2.40 bits per heavy atom. The number of nitrogens with zero attached hydrogens (tertiary/aromatic N) is 1. The van der Waals surface area contributed by atoms with Crippen molar-refractivity contribution in [2.24, 2.45) is 0 Å². The number of hydrogen-bond acceptors (Lipinski definition) is 4. The Kier molecular flexibility index (Phi) is 7.81. The lowest BCUT2D eigenvalue weighted by atomic mass is 10.2. The number of ether oxygens (including phenoxy) is 1. The number of nitrogens with one attached hydrogen (secondary N) is 2. The normalized spacial score (nSPS) is 13.1. The summed E-state index contributed by atoms with van der Waals surface area (Å²) in [5.41, 5.74) is 1.80. The molecule has 3 rings (SSSR count). The maximum absolute atomic E-state index is 12.5. The van der Waals surface area contributed by atoms with Gasteiger partial charge < -0.3 is 15.0 Å². The number of amides is 2. The van der Waals surface area contributed by atoms with Crippen molar-refractivity contribution in [2.45, 2.75) is 26.2 Å². The summed E-state index contributed by atoms with van der Waals surface area (Å²) in [6, 6.07) is 12.2. The van der Waals surface area contributed by atoms with E-state index < -0.39 is 0 Å². The third-order valence-corrected chi connectivity index (χ3v) is 5.49. The van der Waals surface area contributed by atoms with Crippen LogP contribution < -0.4 is 15.4 Å². The van der Waals surface area contributed by atoms with Crippen molar-refractivity contribution in [3.8, 4) is 5.75 Å². The average Bonchev–Trinajstić information content (AvgIpc) is 3.27. The van der Waals surface area contributed by atoms with Crippen molar-refractivity contribution in [2.75, 3.05) is 25.0 Å². The number of anilines is 1. The van der Waals surface area contributed by atoms with Crippen LogP contribution in [0.2, 0.25) is 0 Å². The maximum atomic E-state index is 12.5. The second-order valence-corrected chi connectivity index (χ2v) is 8.24. The summed E-state index contributed by atoms with van der Waals surface area (Å²) >= 11 is 8.67. The van der Waals surface area contributed by atoms with Crippen molar-refractivity contribution < 1.29 is 14.3 Å². The molecule has 1 aliphatic heterocycles. The summed E-state index contributed by atoms with van der Waals surface area (Å²) in [6.07, 6.45) is 3.02. The first kappa shape index (κ1) is 22.2. The van der Waals surface area contributed by atoms with Crippen LogP contribution in [0.1, 0.15) is 46.9 Å². The lowest BCUT2D eigenvalue weighted by Gasteiger charge is -2.15. The smallest absolute Gasteiger partial charge is 0.257 e. The highest BCUT2D eigenvalue weighted by molar-refractivity contribution is 9.10. The molecule has 6 nitrogen and oxygen atoms in total. The van der Waals surface area contributed by atoms with Crippen LogP contribution in [0.15, 0.2) is 46.9 Å². The molecule has 0 aromatic heterocycles. The second kappa shape index (κ2) is 10.5. The molecule has 2 amide bonds. The van der Waals surface area contributed by atoms with Crippen LogP contribution in [0.3, 0.4) is 0 Å². The van der Waals surface area contributed by atoms with Gasteiger partial charge in [-0.05, 0) is 89.9 Å². The van der Waals surface area contributed by atoms with E-state index in [4.69, 9.17) is 17.0 Å². The Hall–Kier alpha value is -2.45. The molecule has 2 N–H and O–H groups in total. The molecule has 0 saturated carbocycles. The molecule has 1 aliphatic rings. The number of benzene rings is 2. The zero-order valence-electron chi connectivity index (χ0n) is 16.7. The standard InChI is InChI=1S/C22H24BrN3O3S/c1-2-13-29-19-10-7-16(14-18(19)23)20(27)25-22(30)24-17-8-5-15(6-9-17)21(28)26-11-3-4-12-26/h5-10,14H,2-4,11-13H2,1H3,(H2,24,25,27,30). The predicted octanol–water partition coefficient (Wildman–Crippen LogP) is 4.60. The Morgan fingerprint density at radius 2 is 1.77 bits per heavy atom. The average molecular weight is 490 g/mol. The summed E-state index contributed by atoms with van der Waals surface area (Å²) in [7, 11) is 0. The van der Waals surface area contributed by atoms with Crippen molar-refractivity contribution >= 4 is 50.8 Å². The fourth-order valence-corrected chi connectivity index (χ4v) is 3.81. The summed E-state index contributed by atoms with van der Waals surface area (Å²) < 4.78 is 6.30. The van der Waals surface area contributed by atoms with Gasteiger partial charge in [0, 0.05) is 29.9 Å². The van der Waals surface area contributed by atoms with Gasteiger partial charge in [0.25, 0.3) is 11.8 Å². The second-order valence-electron chi connectivity index (χ2n) is 6.98. The molecular formula is C22H24BrN3O3S. The van der Waals surface area contributed by atoms with Crippen LogP contribution in [0.5, 0.6) is 5.75 Å². The van der Waals surface area contributed by atoms with Crippen LogP contribution in [0.4, 0.5) is 5.69 Å². The highest BCUT2D eigenvalue weighted by Gasteiger charge is 2.19. The van der Waals surface area contributed by atoms with Gasteiger partial charge in [0.2, 0.25) is 0 Å². The Labute approximate surface area is 190 Å². The van der Waals surface area contributed by atoms with Gasteiger partial charge in [0.1, 0.15) is 5.75 Å². The zero-order valence-corrected chi connectivity index (χ0v) is 19.1. The van der Waals surface area contributed by atoms with Gasteiger partial charge in [-0.15, -0.1) is 0 Å². The van der Waals surface area contributed by atoms with Crippen molar-refractivity contribution in [1.29, 1.82) is 0 Å². The number of rotatable bonds is 6. The van der Waals surface area contributed by atoms with Crippen LogP contribution >= 0.6 is 28.1 Å². The number of likely N-dealkylation sites (tertiary alicyclic amines) is 1. The number of carbonyl (C=O) groups excluding carboxylic acids is 2. The van der Waals surface area contributed by atoms with E-state index in [9.17, 15) is 9.59 Å². The third-order valence-electron chi connectivity index (χ3n) is 4.67. The molecule has 0 spiro atoms. The topological polar surface area (TPSA) is 70.7 Å². The van der Waals surface area contributed by atoms with Crippen LogP contribution in [0, 0.1) is 0 Å². The molecule has 2 aromatic rings. The Morgan fingerprint density at radius 1 is 1.10 bits per heavy atom. The van der Waals surface area contributed by atoms with Gasteiger partial charge in [-0.2, -0.15) is 0 Å². The summed E-state index contributed by atoms with van der Waals surface area (Å²) in [4.78, 5) is 26.7. The van der Waals surface area contributed by atoms with Crippen LogP contribution in [0.25, 0.3) is 0 Å². The first-order chi connectivity index (χ1) is 14.5. The first-order valence-electron chi connectivity index (χ1n) is 9.92. The zero-order chi connectivity index (χ0) is 21.5. The fraction of sp³-hybridized carbons (Fsp3) is 0.318. The minimum absolute atomic E-state index is 0.0480. The molecule has 158 valence electrons. The molecule has 8 heteroatoms. The van der Waals surface area contributed by atoms with Gasteiger partial charge in [-0.25, -0.2) is 0 Å². The Balaban J connectivity index is 1.55. The summed E-state index contributed by atoms with van der Waals surface area (Å²) in [5.74, 6) is 0.417. The van der Waals surface area contributed by atoms with E-state index in [-0.39, 0.29) is 16.9 Å². The number of halogens is 1. The number of thiocarbonyl (C=S) groups is 1. The highest BCUT2D eigenvalue weighted by atomic mass is 79.9. The molecule has 0 aliphatic carbocycles. The molecule has 1 heterocycles. The maximum Gasteiger partial charge on any atom is 0.257 e. The fourth-order valence-electron chi connectivity index (χ4n) is 3.11. The highest BCUT2D eigenvalue weighted by Crippen LogP contribution is 2.26. The lowest BCUT2D eigenvalue weighted by molar-refractivity contribution is 0.0792. The minimum Gasteiger partial charge on any atom is -0.492 e. The first-order valence-corrected chi connectivity index (χ1v) is 11.1. The minimum atomic E-state index is -0.323. The van der Waals surface area contributed by atoms with E-state index in [2.05, 4.69) is 26.6 Å². The molecule has 0 atom stereocenters. The van der Waals surface area contributed by atoms with Gasteiger partial charge in [0.05, 0.1) is 11.1 Å². The summed E-state index contributed by atoms with van der Waals surface area (Å²) in [5, 5.41) is 5.81. The molecule has 2 aromatic carbocycles. The largest absolute Gasteiger partial charge is 0.492 e. The van der Waals surface area contributed by atoms with E-state index in [0.29, 0.717) is 33.6 Å². The van der Waals surface area contributed by atoms with Gasteiger partial charge >= 0.3 is 0 Å². The monoisotopic (exact) mass is 489 g/mol. The van der Waals surface area contributed by atoms with Gasteiger partial charge in [-0.3, -0.25) is 14.9 Å². The quantitative estimate of drug-likeness (QED) is 0.580. The predicted molar refractivity (Wildman–Crippen MR) is 125 cm³/mol. The van der Waals surface area contributed by atoms with E-state index in [1.165, 1.54) is 0 Å². The van der Waals surface area contributed by atoms with Crippen LogP contribution in [-0.4, -0.2) is 41.5 Å². The van der Waals surface area contributed by atoms with E-state index >= 15 is 0 Å². The SMILES string of the molecule is CCCOc1ccc(C(=O)NC(=S)Nc2ccc(C(=O)N3CCCC3)cc2)cc1Br. The third kappa shape index (κ3) is 5.79. The molecule has 30 heavy (non-hydrogen) atoms. The summed E-state index contributed by atoms with van der Waals surface area (Å²) in [6.45, 7) is 4.27. The Bertz CT molecular complexity index is 928. The van der Waals surface area contributed by atoms with Crippen molar-refractivity contribution in [3.63, 3.8) is 0 Å². The molecule has 1 saturated heterocycles. The van der Waals surface area contributed by atoms with E-state index in [1.807, 2.05) is 11.8 Å². The number of carbonyl (C=O) groups is 2. The molecular weight excluding hydrogens is 466 g/mol. The molecule has 0 bridgehead atoms. The number of hydrogen-bond donors (Lipinski definition) is 2. The van der Waals surface area contributed by atoms with Crippen molar-refractivity contribution in [3.05, 3.63) is 58.1 Å². The van der Waals surface area contributed by atoms with Gasteiger partial charge in [0.15, 0.2) is 5.11 Å². The van der Waals surface area contributed by atoms with Crippen molar-refractivity contribution in [1.82, 2.24) is 10.2 Å². The lowest BCUT2D eigenvalue weighted by Crippen LogP contribution is -2.34. The molecule has 0 unspecified atom stereocenters.